The van der Waals surface area contributed by atoms with Gasteiger partial charge in [-0.3, -0.25) is 4.79 Å². The first-order valence-electron chi connectivity index (χ1n) is 9.58. The number of nitrogens with two attached hydrogens (primary N) is 1. The van der Waals surface area contributed by atoms with Crippen molar-refractivity contribution in [3.8, 4) is 0 Å². The average Bonchev–Trinajstić information content (AvgIpc) is 2.72. The zero-order valence-corrected chi connectivity index (χ0v) is 17.9. The predicted molar refractivity (Wildman–Crippen MR) is 114 cm³/mol. The summed E-state index contributed by atoms with van der Waals surface area (Å²) in [7, 11) is 0. The Balaban J connectivity index is 0.00000272. The largest absolute Gasteiger partial charge is 0.436 e. The molecule has 0 aromatic heterocycles. The molecule has 1 spiro atoms. The van der Waals surface area contributed by atoms with Crippen LogP contribution in [-0.4, -0.2) is 31.1 Å². The average molecular weight is 472 g/mol. The number of nitrogens with one attached hydrogen (secondary N) is 1. The highest BCUT2D eigenvalue weighted by molar-refractivity contribution is 6.31. The summed E-state index contributed by atoms with van der Waals surface area (Å²) in [5.74, 6) is -1.88. The molecule has 2 aromatic rings. The van der Waals surface area contributed by atoms with Crippen molar-refractivity contribution in [2.45, 2.75) is 30.9 Å². The first kappa shape index (κ1) is 23.4. The minimum atomic E-state index is -1.24. The van der Waals surface area contributed by atoms with Gasteiger partial charge in [0.15, 0.2) is 11.4 Å². The maximum Gasteiger partial charge on any atom is 0.422 e. The van der Waals surface area contributed by atoms with Crippen LogP contribution in [-0.2, 0) is 21.6 Å². The molecule has 1 fully saturated rings. The number of ether oxygens (including phenoxy) is 1. The molecule has 2 aliphatic rings. The molecule has 0 aliphatic carbocycles. The number of hydrogen-bond acceptors (Lipinski definition) is 5. The second kappa shape index (κ2) is 9.08. The third kappa shape index (κ3) is 4.25. The first-order valence-corrected chi connectivity index (χ1v) is 9.96. The quantitative estimate of drug-likeness (QED) is 0.713. The van der Waals surface area contributed by atoms with E-state index >= 15 is 4.39 Å². The van der Waals surface area contributed by atoms with Crippen LogP contribution < -0.4 is 16.0 Å². The van der Waals surface area contributed by atoms with Gasteiger partial charge in [0.1, 0.15) is 5.82 Å². The minimum absolute atomic E-state index is 0. The first-order chi connectivity index (χ1) is 14.3. The molecule has 166 valence electrons. The summed E-state index contributed by atoms with van der Waals surface area (Å²) in [6.45, 7) is 0.925. The molecule has 0 saturated carbocycles. The van der Waals surface area contributed by atoms with Crippen LogP contribution in [0.3, 0.4) is 0 Å². The van der Waals surface area contributed by atoms with Crippen molar-refractivity contribution in [3.63, 3.8) is 0 Å². The zero-order chi connectivity index (χ0) is 21.5. The number of rotatable bonds is 3. The van der Waals surface area contributed by atoms with Crippen LogP contribution in [0.15, 0.2) is 36.4 Å². The Morgan fingerprint density at radius 3 is 2.61 bits per heavy atom. The summed E-state index contributed by atoms with van der Waals surface area (Å²) < 4.78 is 33.8. The van der Waals surface area contributed by atoms with E-state index in [1.54, 1.807) is 0 Å². The Kier molecular flexibility index (Phi) is 6.85. The Hall–Kier alpha value is -2.26. The Morgan fingerprint density at radius 2 is 1.97 bits per heavy atom. The molecular weight excluding hydrogens is 451 g/mol. The van der Waals surface area contributed by atoms with E-state index in [9.17, 15) is 14.0 Å². The summed E-state index contributed by atoms with van der Waals surface area (Å²) in [5, 5.41) is 2.99. The third-order valence-electron chi connectivity index (χ3n) is 5.49. The fraction of sp³-hybridized carbons (Fsp3) is 0.333. The molecule has 6 nitrogen and oxygen atoms in total. The summed E-state index contributed by atoms with van der Waals surface area (Å²) in [6.07, 6.45) is 0.227. The summed E-state index contributed by atoms with van der Waals surface area (Å²) >= 11 is 6.00. The molecule has 2 amide bonds. The third-order valence-corrected chi connectivity index (χ3v) is 5.78. The van der Waals surface area contributed by atoms with Gasteiger partial charge in [0, 0.05) is 6.54 Å². The van der Waals surface area contributed by atoms with Gasteiger partial charge in [-0.2, -0.15) is 0 Å². The molecule has 3 N–H and O–H groups in total. The zero-order valence-electron chi connectivity index (χ0n) is 16.4. The standard InChI is InChI=1S/C21H20ClF2N3O3.ClH/c22-14-6-7-16-17(18(14)24)21(8-1-9-26-11-21)30-20(29)27(16)19(28)15(25)10-12-2-4-13(23)5-3-12;/h2-7,15,26H,1,8-11,25H2;1H/t15-,21?;/m0./s1. The molecule has 1 unspecified atom stereocenters. The normalized spacial score (nSPS) is 21.2. The number of amides is 2. The second-order valence-corrected chi connectivity index (χ2v) is 7.92. The van der Waals surface area contributed by atoms with Crippen LogP contribution in [0.4, 0.5) is 19.3 Å². The Bertz CT molecular complexity index is 998. The molecule has 31 heavy (non-hydrogen) atoms. The number of imide groups is 1. The lowest BCUT2D eigenvalue weighted by Crippen LogP contribution is -2.57. The predicted octanol–water partition coefficient (Wildman–Crippen LogP) is 3.67. The van der Waals surface area contributed by atoms with Crippen molar-refractivity contribution >= 4 is 41.7 Å². The lowest BCUT2D eigenvalue weighted by atomic mass is 9.83. The smallest absolute Gasteiger partial charge is 0.422 e. The van der Waals surface area contributed by atoms with E-state index in [1.165, 1.54) is 36.4 Å². The van der Waals surface area contributed by atoms with Gasteiger partial charge < -0.3 is 15.8 Å². The van der Waals surface area contributed by atoms with E-state index in [2.05, 4.69) is 5.32 Å². The van der Waals surface area contributed by atoms with E-state index in [4.69, 9.17) is 22.1 Å². The van der Waals surface area contributed by atoms with Crippen LogP contribution in [0, 0.1) is 11.6 Å². The van der Waals surface area contributed by atoms with Gasteiger partial charge >= 0.3 is 6.09 Å². The number of halogens is 4. The highest BCUT2D eigenvalue weighted by atomic mass is 35.5. The van der Waals surface area contributed by atoms with Gasteiger partial charge in [0.05, 0.1) is 22.3 Å². The highest BCUT2D eigenvalue weighted by Crippen LogP contribution is 2.46. The number of piperidine rings is 1. The number of fused-ring (bicyclic) bond motifs is 2. The van der Waals surface area contributed by atoms with Crippen LogP contribution in [0.5, 0.6) is 0 Å². The molecule has 4 rings (SSSR count). The lowest BCUT2D eigenvalue weighted by molar-refractivity contribution is -0.120. The van der Waals surface area contributed by atoms with E-state index in [0.29, 0.717) is 24.9 Å². The maximum atomic E-state index is 15.1. The number of carbonyl (C=O) groups excluding carboxylic acids is 2. The number of anilines is 1. The Morgan fingerprint density at radius 1 is 1.26 bits per heavy atom. The lowest BCUT2D eigenvalue weighted by Gasteiger charge is -2.44. The van der Waals surface area contributed by atoms with E-state index in [1.807, 2.05) is 0 Å². The molecule has 2 heterocycles. The van der Waals surface area contributed by atoms with Gasteiger partial charge in [-0.15, -0.1) is 12.4 Å². The van der Waals surface area contributed by atoms with Crippen LogP contribution >= 0.6 is 24.0 Å². The van der Waals surface area contributed by atoms with Crippen molar-refractivity contribution in [1.82, 2.24) is 5.32 Å². The molecule has 2 aromatic carbocycles. The van der Waals surface area contributed by atoms with Crippen LogP contribution in [0.25, 0.3) is 0 Å². The van der Waals surface area contributed by atoms with Crippen LogP contribution in [0.2, 0.25) is 5.02 Å². The van der Waals surface area contributed by atoms with Gasteiger partial charge in [-0.05, 0) is 55.6 Å². The monoisotopic (exact) mass is 471 g/mol. The minimum Gasteiger partial charge on any atom is -0.436 e. The fourth-order valence-electron chi connectivity index (χ4n) is 4.04. The van der Waals surface area contributed by atoms with Gasteiger partial charge in [0.25, 0.3) is 5.91 Å². The van der Waals surface area contributed by atoms with Crippen LogP contribution in [0.1, 0.15) is 24.0 Å². The SMILES string of the molecule is Cl.N[C@@H](Cc1ccc(F)cc1)C(=O)N1C(=O)OC2(CCCNC2)c2c1ccc(Cl)c2F. The maximum absolute atomic E-state index is 15.1. The molecular formula is C21H21Cl2F2N3O3. The van der Waals surface area contributed by atoms with Crippen molar-refractivity contribution in [1.29, 1.82) is 0 Å². The van der Waals surface area contributed by atoms with Gasteiger partial charge in [0.2, 0.25) is 0 Å². The number of hydrogen-bond donors (Lipinski definition) is 2. The molecule has 2 aliphatic heterocycles. The number of benzene rings is 2. The van der Waals surface area contributed by atoms with Crippen molar-refractivity contribution in [2.24, 2.45) is 5.73 Å². The molecule has 10 heteroatoms. The van der Waals surface area contributed by atoms with Crippen molar-refractivity contribution in [3.05, 3.63) is 64.2 Å². The number of nitrogens with zero attached hydrogens (tertiary/aromatic N) is 1. The molecule has 0 radical (unpaired) electrons. The number of carbonyl (C=O) groups is 2. The highest BCUT2D eigenvalue weighted by Gasteiger charge is 2.50. The topological polar surface area (TPSA) is 84.7 Å². The fourth-order valence-corrected chi connectivity index (χ4v) is 4.19. The van der Waals surface area contributed by atoms with Gasteiger partial charge in [-0.25, -0.2) is 18.5 Å². The Labute approximate surface area is 189 Å². The molecule has 1 saturated heterocycles. The summed E-state index contributed by atoms with van der Waals surface area (Å²) in [5.41, 5.74) is 5.59. The summed E-state index contributed by atoms with van der Waals surface area (Å²) in [4.78, 5) is 26.7. The van der Waals surface area contributed by atoms with Gasteiger partial charge in [-0.1, -0.05) is 23.7 Å². The van der Waals surface area contributed by atoms with E-state index < -0.39 is 35.3 Å². The molecule has 2 atom stereocenters. The van der Waals surface area contributed by atoms with E-state index in [0.717, 1.165) is 4.90 Å². The van der Waals surface area contributed by atoms with Crippen molar-refractivity contribution in [2.75, 3.05) is 18.0 Å². The molecule has 0 bridgehead atoms. The summed E-state index contributed by atoms with van der Waals surface area (Å²) in [6, 6.07) is 7.14. The van der Waals surface area contributed by atoms with Crippen molar-refractivity contribution < 1.29 is 23.1 Å². The second-order valence-electron chi connectivity index (χ2n) is 7.51. The van der Waals surface area contributed by atoms with E-state index in [-0.39, 0.29) is 41.6 Å².